The van der Waals surface area contributed by atoms with Crippen molar-refractivity contribution in [3.63, 3.8) is 0 Å². The van der Waals surface area contributed by atoms with Gasteiger partial charge in [-0.1, -0.05) is 12.1 Å². The van der Waals surface area contributed by atoms with Crippen LogP contribution in [-0.2, 0) is 11.2 Å². The average molecular weight is 210 g/mol. The van der Waals surface area contributed by atoms with E-state index < -0.39 is 11.6 Å². The van der Waals surface area contributed by atoms with Gasteiger partial charge in [-0.25, -0.2) is 8.78 Å². The molecule has 0 aromatic heterocycles. The van der Waals surface area contributed by atoms with Crippen LogP contribution in [0.1, 0.15) is 18.4 Å². The van der Waals surface area contributed by atoms with Gasteiger partial charge in [0.25, 0.3) is 0 Å². The molecule has 0 amide bonds. The Morgan fingerprint density at radius 3 is 2.47 bits per heavy atom. The van der Waals surface area contributed by atoms with Crippen LogP contribution in [0, 0.1) is 11.6 Å². The second-order valence-corrected chi connectivity index (χ2v) is 3.24. The van der Waals surface area contributed by atoms with Crippen LogP contribution in [0.5, 0.6) is 0 Å². The first-order valence-electron chi connectivity index (χ1n) is 4.70. The quantitative estimate of drug-likeness (QED) is 0.682. The Bertz CT molecular complexity index is 352. The van der Waals surface area contributed by atoms with Gasteiger partial charge >= 0.3 is 0 Å². The first kappa shape index (κ1) is 11.6. The van der Waals surface area contributed by atoms with Crippen molar-refractivity contribution in [3.05, 3.63) is 48.1 Å². The minimum atomic E-state index is -0.665. The number of allylic oxidation sites excluding steroid dienone is 1. The Balaban J connectivity index is 2.71. The Morgan fingerprint density at radius 2 is 1.93 bits per heavy atom. The predicted octanol–water partition coefficient (Wildman–Crippen LogP) is 3.04. The fourth-order valence-corrected chi connectivity index (χ4v) is 1.25. The molecule has 80 valence electrons. The summed E-state index contributed by atoms with van der Waals surface area (Å²) in [7, 11) is 0. The van der Waals surface area contributed by atoms with Crippen LogP contribution < -0.4 is 0 Å². The normalized spacial score (nSPS) is 10.0. The van der Waals surface area contributed by atoms with Gasteiger partial charge in [-0.05, 0) is 18.6 Å². The van der Waals surface area contributed by atoms with E-state index in [0.29, 0.717) is 6.42 Å². The van der Waals surface area contributed by atoms with Crippen molar-refractivity contribution >= 4 is 5.78 Å². The maximum atomic E-state index is 13.1. The van der Waals surface area contributed by atoms with Gasteiger partial charge in [-0.2, -0.15) is 0 Å². The van der Waals surface area contributed by atoms with Gasteiger partial charge in [0.1, 0.15) is 17.4 Å². The van der Waals surface area contributed by atoms with Crippen LogP contribution in [-0.4, -0.2) is 5.78 Å². The number of rotatable bonds is 5. The fourth-order valence-electron chi connectivity index (χ4n) is 1.25. The highest BCUT2D eigenvalue weighted by atomic mass is 19.1. The van der Waals surface area contributed by atoms with Gasteiger partial charge in [0, 0.05) is 18.4 Å². The molecule has 1 rings (SSSR count). The maximum Gasteiger partial charge on any atom is 0.137 e. The second-order valence-electron chi connectivity index (χ2n) is 3.24. The third kappa shape index (κ3) is 3.27. The molecule has 0 saturated carbocycles. The number of hydrogen-bond donors (Lipinski definition) is 0. The molecule has 0 aliphatic heterocycles. The first-order valence-corrected chi connectivity index (χ1v) is 4.70. The van der Waals surface area contributed by atoms with Crippen molar-refractivity contribution in [2.45, 2.75) is 19.3 Å². The van der Waals surface area contributed by atoms with E-state index in [0.717, 1.165) is 12.1 Å². The van der Waals surface area contributed by atoms with E-state index in [1.165, 1.54) is 6.07 Å². The van der Waals surface area contributed by atoms with Crippen molar-refractivity contribution in [2.24, 2.45) is 0 Å². The van der Waals surface area contributed by atoms with Crippen molar-refractivity contribution in [2.75, 3.05) is 0 Å². The summed E-state index contributed by atoms with van der Waals surface area (Å²) in [6.45, 7) is 3.47. The molecule has 1 nitrogen and oxygen atoms in total. The Labute approximate surface area is 87.4 Å². The van der Waals surface area contributed by atoms with Crippen LogP contribution in [0.2, 0.25) is 0 Å². The zero-order valence-electron chi connectivity index (χ0n) is 8.30. The Kier molecular flexibility index (Phi) is 4.16. The number of carbonyl (C=O) groups is 1. The lowest BCUT2D eigenvalue weighted by Crippen LogP contribution is -2.06. The summed E-state index contributed by atoms with van der Waals surface area (Å²) in [5, 5.41) is 0. The van der Waals surface area contributed by atoms with E-state index in [9.17, 15) is 13.6 Å². The molecule has 3 heteroatoms. The van der Waals surface area contributed by atoms with Gasteiger partial charge in [-0.3, -0.25) is 4.79 Å². The first-order chi connectivity index (χ1) is 7.15. The molecule has 1 aromatic rings. The SMILES string of the molecule is C=CCCC(=O)Cc1c(F)cccc1F. The number of halogens is 2. The lowest BCUT2D eigenvalue weighted by atomic mass is 10.0. The Hall–Kier alpha value is -1.51. The fraction of sp³-hybridized carbons (Fsp3) is 0.250. The summed E-state index contributed by atoms with van der Waals surface area (Å²) in [6.07, 6.45) is 2.23. The molecule has 0 saturated heterocycles. The van der Waals surface area contributed by atoms with Crippen molar-refractivity contribution < 1.29 is 13.6 Å². The van der Waals surface area contributed by atoms with Gasteiger partial charge < -0.3 is 0 Å². The van der Waals surface area contributed by atoms with Crippen molar-refractivity contribution in [3.8, 4) is 0 Å². The molecule has 0 unspecified atom stereocenters. The molecule has 0 aliphatic carbocycles. The zero-order chi connectivity index (χ0) is 11.3. The number of ketones is 1. The second kappa shape index (κ2) is 5.39. The lowest BCUT2D eigenvalue weighted by Gasteiger charge is -2.03. The van der Waals surface area contributed by atoms with E-state index in [1.807, 2.05) is 0 Å². The highest BCUT2D eigenvalue weighted by Gasteiger charge is 2.11. The van der Waals surface area contributed by atoms with E-state index in [1.54, 1.807) is 6.08 Å². The van der Waals surface area contributed by atoms with Crippen LogP contribution in [0.15, 0.2) is 30.9 Å². The molecule has 0 bridgehead atoms. The maximum absolute atomic E-state index is 13.1. The van der Waals surface area contributed by atoms with Crippen molar-refractivity contribution in [1.82, 2.24) is 0 Å². The molecule has 0 aliphatic rings. The van der Waals surface area contributed by atoms with Gasteiger partial charge in [0.15, 0.2) is 0 Å². The number of benzene rings is 1. The average Bonchev–Trinajstić information content (AvgIpc) is 2.21. The van der Waals surface area contributed by atoms with Gasteiger partial charge in [-0.15, -0.1) is 6.58 Å². The smallest absolute Gasteiger partial charge is 0.137 e. The largest absolute Gasteiger partial charge is 0.299 e. The van der Waals surface area contributed by atoms with Crippen LogP contribution in [0.4, 0.5) is 8.78 Å². The van der Waals surface area contributed by atoms with Gasteiger partial charge in [0.2, 0.25) is 0 Å². The van der Waals surface area contributed by atoms with Crippen LogP contribution in [0.25, 0.3) is 0 Å². The molecule has 0 fully saturated rings. The van der Waals surface area contributed by atoms with Crippen LogP contribution in [0.3, 0.4) is 0 Å². The molecule has 0 N–H and O–H groups in total. The Morgan fingerprint density at radius 1 is 1.33 bits per heavy atom. The summed E-state index contributed by atoms with van der Waals surface area (Å²) in [5.41, 5.74) is -0.147. The van der Waals surface area contributed by atoms with E-state index in [2.05, 4.69) is 6.58 Å². The van der Waals surface area contributed by atoms with E-state index in [4.69, 9.17) is 0 Å². The third-order valence-corrected chi connectivity index (χ3v) is 2.06. The van der Waals surface area contributed by atoms with Gasteiger partial charge in [0.05, 0.1) is 0 Å². The molecule has 0 heterocycles. The highest BCUT2D eigenvalue weighted by molar-refractivity contribution is 5.81. The van der Waals surface area contributed by atoms with E-state index >= 15 is 0 Å². The standard InChI is InChI=1S/C12H12F2O/c1-2-3-5-9(15)8-10-11(13)6-4-7-12(10)14/h2,4,6-7H,1,3,5,8H2. The summed E-state index contributed by atoms with van der Waals surface area (Å²) in [5.74, 6) is -1.51. The van der Waals surface area contributed by atoms with Crippen molar-refractivity contribution in [1.29, 1.82) is 0 Å². The summed E-state index contributed by atoms with van der Waals surface area (Å²) < 4.78 is 26.2. The minimum Gasteiger partial charge on any atom is -0.299 e. The molecule has 0 spiro atoms. The zero-order valence-corrected chi connectivity index (χ0v) is 8.30. The molecular weight excluding hydrogens is 198 g/mol. The summed E-state index contributed by atoms with van der Waals surface area (Å²) in [6, 6.07) is 3.58. The third-order valence-electron chi connectivity index (χ3n) is 2.06. The predicted molar refractivity (Wildman–Crippen MR) is 54.5 cm³/mol. The monoisotopic (exact) mass is 210 g/mol. The molecule has 0 atom stereocenters. The summed E-state index contributed by atoms with van der Waals surface area (Å²) >= 11 is 0. The molecular formula is C12H12F2O. The number of carbonyl (C=O) groups excluding carboxylic acids is 1. The molecule has 15 heavy (non-hydrogen) atoms. The topological polar surface area (TPSA) is 17.1 Å². The van der Waals surface area contributed by atoms with Crippen LogP contribution >= 0.6 is 0 Å². The number of hydrogen-bond acceptors (Lipinski definition) is 1. The van der Waals surface area contributed by atoms with E-state index in [-0.39, 0.29) is 24.2 Å². The molecule has 1 aromatic carbocycles. The summed E-state index contributed by atoms with van der Waals surface area (Å²) in [4.78, 5) is 11.3. The lowest BCUT2D eigenvalue weighted by molar-refractivity contribution is -0.118. The molecule has 0 radical (unpaired) electrons. The highest BCUT2D eigenvalue weighted by Crippen LogP contribution is 2.13. The minimum absolute atomic E-state index is 0.147. The number of Topliss-reactive ketones (excluding diaryl/α,β-unsaturated/α-hetero) is 1.